The van der Waals surface area contributed by atoms with E-state index in [1.54, 1.807) is 0 Å². The Hall–Kier alpha value is -3.95. The van der Waals surface area contributed by atoms with Gasteiger partial charge in [0.15, 0.2) is 28.6 Å². The lowest BCUT2D eigenvalue weighted by Crippen LogP contribution is -2.60. The van der Waals surface area contributed by atoms with E-state index in [1.165, 1.54) is 6.07 Å². The minimum Gasteiger partial charge on any atom is -0.507 e. The van der Waals surface area contributed by atoms with Crippen LogP contribution in [-0.2, 0) is 9.47 Å². The van der Waals surface area contributed by atoms with Gasteiger partial charge in [0.05, 0.1) is 20.3 Å². The lowest BCUT2D eigenvalue weighted by Gasteiger charge is -2.39. The number of methoxy groups -OCH3 is 1. The lowest BCUT2D eigenvalue weighted by molar-refractivity contribution is -0.277. The topological polar surface area (TPSA) is 299 Å². The van der Waals surface area contributed by atoms with Crippen molar-refractivity contribution in [1.29, 1.82) is 0 Å². The summed E-state index contributed by atoms with van der Waals surface area (Å²) in [5.74, 6) is -4.13. The van der Waals surface area contributed by atoms with Crippen LogP contribution in [0.15, 0.2) is 33.5 Å². The number of aromatic hydroxyl groups is 3. The van der Waals surface area contributed by atoms with Crippen molar-refractivity contribution >= 4 is 11.0 Å². The maximum absolute atomic E-state index is 14.0. The Bertz CT molecular complexity index is 1620. The van der Waals surface area contributed by atoms with Crippen LogP contribution < -0.4 is 19.6 Å². The molecule has 3 aromatic rings. The number of benzene rings is 2. The summed E-state index contributed by atoms with van der Waals surface area (Å²) in [4.78, 5) is 14.0. The number of rotatable bonds is 8. The fourth-order valence-corrected chi connectivity index (χ4v) is 5.07. The Morgan fingerprint density at radius 3 is 1.74 bits per heavy atom. The van der Waals surface area contributed by atoms with Gasteiger partial charge in [0.2, 0.25) is 29.5 Å². The van der Waals surface area contributed by atoms with Gasteiger partial charge in [-0.15, -0.1) is 0 Å². The first-order valence-electron chi connectivity index (χ1n) is 13.7. The maximum atomic E-state index is 14.0. The average molecular weight is 657 g/mol. The van der Waals surface area contributed by atoms with Crippen LogP contribution in [-0.4, -0.2) is 138 Å². The van der Waals surface area contributed by atoms with Crippen LogP contribution >= 0.6 is 0 Å². The molecule has 252 valence electrons. The SMILES string of the molecule is COc1cc(O)c2c(=O)c(O[C@@H]3O[C@@H](CO)[C@H](O)[C@@H](O)[C@@H]3O)c(-c3ccc(O)c(O)c3)oc2c1O[C@@H]1O[C@H](CO)[C@@H](O)[C@H](O)[C@H]1O. The molecule has 10 atom stereocenters. The smallest absolute Gasteiger partial charge is 0.239 e. The van der Waals surface area contributed by atoms with Crippen molar-refractivity contribution in [3.63, 3.8) is 0 Å². The molecular formula is C28H32O18. The molecule has 2 aromatic carbocycles. The van der Waals surface area contributed by atoms with Gasteiger partial charge in [-0.3, -0.25) is 4.79 Å². The fourth-order valence-electron chi connectivity index (χ4n) is 5.07. The van der Waals surface area contributed by atoms with Crippen molar-refractivity contribution < 1.29 is 84.3 Å². The zero-order valence-electron chi connectivity index (χ0n) is 23.8. The molecule has 2 aliphatic heterocycles. The van der Waals surface area contributed by atoms with Gasteiger partial charge in [0.25, 0.3) is 0 Å². The standard InChI is InChI=1S/C28H32O18/c1-41-12-5-11(33)15-18(36)26(46-28-22(40)20(38)17(35)14(7-30)43-28)23(8-2-3-9(31)10(32)4-8)44-25(15)24(12)45-27-21(39)19(37)16(34)13(6-29)42-27/h2-5,13-14,16-17,19-22,27-35,37-40H,6-7H2,1H3/t13-,14+,16-,17+,19+,20-,21-,22+,27+,28+/m1/s1. The molecule has 0 spiro atoms. The quantitative estimate of drug-likeness (QED) is 0.107. The molecule has 1 aromatic heterocycles. The van der Waals surface area contributed by atoms with Crippen LogP contribution in [0.5, 0.6) is 34.5 Å². The molecular weight excluding hydrogens is 624 g/mol. The van der Waals surface area contributed by atoms with Crippen LogP contribution in [0.4, 0.5) is 0 Å². The largest absolute Gasteiger partial charge is 0.507 e. The zero-order valence-corrected chi connectivity index (χ0v) is 23.8. The summed E-state index contributed by atoms with van der Waals surface area (Å²) in [5.41, 5.74) is -1.89. The number of hydrogen-bond acceptors (Lipinski definition) is 18. The van der Waals surface area contributed by atoms with E-state index in [9.17, 15) is 61.0 Å². The summed E-state index contributed by atoms with van der Waals surface area (Å²) in [7, 11) is 1.15. The maximum Gasteiger partial charge on any atom is 0.239 e. The molecule has 2 fully saturated rings. The van der Waals surface area contributed by atoms with Crippen molar-refractivity contribution in [1.82, 2.24) is 0 Å². The summed E-state index contributed by atoms with van der Waals surface area (Å²) >= 11 is 0. The van der Waals surface area contributed by atoms with Crippen molar-refractivity contribution in [2.45, 2.75) is 61.4 Å². The van der Waals surface area contributed by atoms with E-state index in [4.69, 9.17) is 28.1 Å². The molecule has 18 nitrogen and oxygen atoms in total. The number of hydrogen-bond donors (Lipinski definition) is 11. The molecule has 0 radical (unpaired) electrons. The van der Waals surface area contributed by atoms with Crippen molar-refractivity contribution in [2.24, 2.45) is 0 Å². The zero-order chi connectivity index (χ0) is 33.6. The second-order valence-corrected chi connectivity index (χ2v) is 10.6. The van der Waals surface area contributed by atoms with E-state index < -0.39 is 126 Å². The Kier molecular flexibility index (Phi) is 9.47. The van der Waals surface area contributed by atoms with Crippen LogP contribution in [0.1, 0.15) is 0 Å². The summed E-state index contributed by atoms with van der Waals surface area (Å²) in [5, 5.41) is 111. The van der Waals surface area contributed by atoms with Gasteiger partial charge in [-0.25, -0.2) is 0 Å². The number of fused-ring (bicyclic) bond motifs is 1. The van der Waals surface area contributed by atoms with Gasteiger partial charge in [0, 0.05) is 11.6 Å². The average Bonchev–Trinajstić information content (AvgIpc) is 3.04. The molecule has 3 heterocycles. The molecule has 0 bridgehead atoms. The minimum absolute atomic E-state index is 0.144. The molecule has 11 N–H and O–H groups in total. The van der Waals surface area contributed by atoms with Crippen LogP contribution in [0.3, 0.4) is 0 Å². The number of aliphatic hydroxyl groups is 8. The first-order valence-corrected chi connectivity index (χ1v) is 13.7. The summed E-state index contributed by atoms with van der Waals surface area (Å²) in [6.45, 7) is -1.62. The van der Waals surface area contributed by atoms with Gasteiger partial charge < -0.3 is 84.3 Å². The summed E-state index contributed by atoms with van der Waals surface area (Å²) < 4.78 is 33.4. The molecule has 0 amide bonds. The molecule has 0 unspecified atom stereocenters. The second kappa shape index (κ2) is 13.0. The van der Waals surface area contributed by atoms with E-state index >= 15 is 0 Å². The van der Waals surface area contributed by atoms with Crippen molar-refractivity contribution in [3.05, 3.63) is 34.5 Å². The number of phenols is 3. The number of ether oxygens (including phenoxy) is 5. The third-order valence-electron chi connectivity index (χ3n) is 7.65. The number of phenolic OH excluding ortho intramolecular Hbond substituents is 3. The van der Waals surface area contributed by atoms with Gasteiger partial charge in [0.1, 0.15) is 60.0 Å². The molecule has 5 rings (SSSR count). The minimum atomic E-state index is -1.98. The van der Waals surface area contributed by atoms with Crippen LogP contribution in [0.2, 0.25) is 0 Å². The molecule has 2 saturated heterocycles. The van der Waals surface area contributed by atoms with E-state index in [0.717, 1.165) is 25.3 Å². The summed E-state index contributed by atoms with van der Waals surface area (Å²) in [6, 6.07) is 4.08. The Morgan fingerprint density at radius 1 is 0.696 bits per heavy atom. The number of aliphatic hydroxyl groups excluding tert-OH is 8. The highest BCUT2D eigenvalue weighted by Crippen LogP contribution is 2.45. The summed E-state index contributed by atoms with van der Waals surface area (Å²) in [6.07, 6.45) is -17.7. The Labute approximate surface area is 257 Å². The highest BCUT2D eigenvalue weighted by atomic mass is 16.7. The molecule has 0 saturated carbocycles. The van der Waals surface area contributed by atoms with E-state index in [1.807, 2.05) is 0 Å². The van der Waals surface area contributed by atoms with Gasteiger partial charge in [-0.05, 0) is 18.2 Å². The van der Waals surface area contributed by atoms with Gasteiger partial charge in [-0.1, -0.05) is 0 Å². The van der Waals surface area contributed by atoms with E-state index in [2.05, 4.69) is 0 Å². The predicted octanol–water partition coefficient (Wildman–Crippen LogP) is -3.06. The Balaban J connectivity index is 1.72. The lowest BCUT2D eigenvalue weighted by atomic mass is 9.99. The highest BCUT2D eigenvalue weighted by molar-refractivity contribution is 5.93. The van der Waals surface area contributed by atoms with Crippen molar-refractivity contribution in [2.75, 3.05) is 20.3 Å². The Morgan fingerprint density at radius 2 is 1.24 bits per heavy atom. The third kappa shape index (κ3) is 5.75. The van der Waals surface area contributed by atoms with Crippen LogP contribution in [0, 0.1) is 0 Å². The highest BCUT2D eigenvalue weighted by Gasteiger charge is 2.47. The van der Waals surface area contributed by atoms with E-state index in [-0.39, 0.29) is 11.3 Å². The molecule has 18 heteroatoms. The normalized spacial score (nSPS) is 31.5. The van der Waals surface area contributed by atoms with Gasteiger partial charge in [-0.2, -0.15) is 0 Å². The molecule has 0 aliphatic carbocycles. The van der Waals surface area contributed by atoms with Gasteiger partial charge >= 0.3 is 0 Å². The molecule has 2 aliphatic rings. The fraction of sp³-hybridized carbons (Fsp3) is 0.464. The first-order chi connectivity index (χ1) is 21.8. The third-order valence-corrected chi connectivity index (χ3v) is 7.65. The second-order valence-electron chi connectivity index (χ2n) is 10.6. The van der Waals surface area contributed by atoms with E-state index in [0.29, 0.717) is 0 Å². The predicted molar refractivity (Wildman–Crippen MR) is 148 cm³/mol. The van der Waals surface area contributed by atoms with Crippen molar-refractivity contribution in [3.8, 4) is 45.8 Å². The monoisotopic (exact) mass is 656 g/mol. The molecule has 46 heavy (non-hydrogen) atoms. The first kappa shape index (κ1) is 33.4. The van der Waals surface area contributed by atoms with Crippen LogP contribution in [0.25, 0.3) is 22.3 Å².